The Balaban J connectivity index is 2.55. The van der Waals surface area contributed by atoms with Gasteiger partial charge in [-0.15, -0.1) is 0 Å². The summed E-state index contributed by atoms with van der Waals surface area (Å²) < 4.78 is 0. The number of hydrogen-bond donors (Lipinski definition) is 0. The van der Waals surface area contributed by atoms with Crippen molar-refractivity contribution in [2.75, 3.05) is 0 Å². The number of fused-ring (bicyclic) bond motifs is 1. The molecular weight excluding hydrogens is 200 g/mol. The zero-order chi connectivity index (χ0) is 11.7. The van der Waals surface area contributed by atoms with Crippen LogP contribution in [0.25, 0.3) is 0 Å². The van der Waals surface area contributed by atoms with E-state index >= 15 is 0 Å². The van der Waals surface area contributed by atoms with Gasteiger partial charge in [-0.25, -0.2) is 0 Å². The van der Waals surface area contributed by atoms with Crippen LogP contribution in [0.4, 0.5) is 0 Å². The van der Waals surface area contributed by atoms with Gasteiger partial charge in [0.05, 0.1) is 0 Å². The molecule has 2 heteroatoms. The molecule has 84 valence electrons. The van der Waals surface area contributed by atoms with Crippen molar-refractivity contribution in [3.05, 3.63) is 35.4 Å². The number of ketones is 2. The minimum Gasteiger partial charge on any atom is -0.294 e. The zero-order valence-electron chi connectivity index (χ0n) is 9.69. The summed E-state index contributed by atoms with van der Waals surface area (Å²) in [4.78, 5) is 24.4. The van der Waals surface area contributed by atoms with Gasteiger partial charge in [0.2, 0.25) is 0 Å². The molecular formula is C14H16O2. The van der Waals surface area contributed by atoms with E-state index in [1.807, 2.05) is 26.0 Å². The van der Waals surface area contributed by atoms with E-state index in [1.165, 1.54) is 0 Å². The van der Waals surface area contributed by atoms with Crippen molar-refractivity contribution in [2.24, 2.45) is 11.8 Å². The topological polar surface area (TPSA) is 34.1 Å². The van der Waals surface area contributed by atoms with Crippen LogP contribution in [0.2, 0.25) is 0 Å². The van der Waals surface area contributed by atoms with Crippen molar-refractivity contribution in [1.82, 2.24) is 0 Å². The molecule has 2 atom stereocenters. The standard InChI is InChI=1S/C14H16O2/c1-3-9-10(4-2)14(16)12-8-6-5-7-11(12)13(9)15/h5-10H,3-4H2,1-2H3. The molecule has 0 saturated heterocycles. The second-order valence-electron chi connectivity index (χ2n) is 4.30. The van der Waals surface area contributed by atoms with Crippen molar-refractivity contribution < 1.29 is 9.59 Å². The molecule has 1 aromatic rings. The van der Waals surface area contributed by atoms with Crippen LogP contribution < -0.4 is 0 Å². The summed E-state index contributed by atoms with van der Waals surface area (Å²) in [5.74, 6) is 0.0499. The lowest BCUT2D eigenvalue weighted by atomic mass is 9.72. The molecule has 1 aromatic carbocycles. The third-order valence-corrected chi connectivity index (χ3v) is 3.50. The summed E-state index contributed by atoms with van der Waals surface area (Å²) >= 11 is 0. The molecule has 0 aliphatic heterocycles. The number of hydrogen-bond acceptors (Lipinski definition) is 2. The maximum atomic E-state index is 12.2. The van der Waals surface area contributed by atoms with Crippen molar-refractivity contribution in [1.29, 1.82) is 0 Å². The van der Waals surface area contributed by atoms with Crippen LogP contribution in [0, 0.1) is 11.8 Å². The first kappa shape index (κ1) is 11.1. The fourth-order valence-electron chi connectivity index (χ4n) is 2.62. The van der Waals surface area contributed by atoms with Gasteiger partial charge in [0.15, 0.2) is 11.6 Å². The Morgan fingerprint density at radius 2 is 1.25 bits per heavy atom. The quantitative estimate of drug-likeness (QED) is 0.761. The largest absolute Gasteiger partial charge is 0.294 e. The molecule has 1 aliphatic rings. The number of carbonyl (C=O) groups excluding carboxylic acids is 2. The maximum Gasteiger partial charge on any atom is 0.167 e. The summed E-state index contributed by atoms with van der Waals surface area (Å²) in [6, 6.07) is 7.18. The summed E-state index contributed by atoms with van der Waals surface area (Å²) in [5, 5.41) is 0. The number of carbonyl (C=O) groups is 2. The molecule has 0 bridgehead atoms. The lowest BCUT2D eigenvalue weighted by Crippen LogP contribution is -2.35. The zero-order valence-corrected chi connectivity index (χ0v) is 9.69. The minimum absolute atomic E-state index is 0.118. The van der Waals surface area contributed by atoms with E-state index in [1.54, 1.807) is 12.1 Å². The molecule has 0 radical (unpaired) electrons. The predicted octanol–water partition coefficient (Wildman–Crippen LogP) is 3.12. The van der Waals surface area contributed by atoms with E-state index in [0.717, 1.165) is 12.8 Å². The van der Waals surface area contributed by atoms with Gasteiger partial charge in [-0.05, 0) is 12.8 Å². The maximum absolute atomic E-state index is 12.2. The lowest BCUT2D eigenvalue weighted by molar-refractivity contribution is 0.0724. The Morgan fingerprint density at radius 1 is 0.875 bits per heavy atom. The molecule has 1 aliphatic carbocycles. The first-order valence-corrected chi connectivity index (χ1v) is 5.88. The summed E-state index contributed by atoms with van der Waals surface area (Å²) in [7, 11) is 0. The number of benzene rings is 1. The van der Waals surface area contributed by atoms with Crippen LogP contribution in [0.1, 0.15) is 47.4 Å². The molecule has 2 unspecified atom stereocenters. The molecule has 0 heterocycles. The van der Waals surface area contributed by atoms with Gasteiger partial charge in [0, 0.05) is 23.0 Å². The van der Waals surface area contributed by atoms with Crippen molar-refractivity contribution in [3.63, 3.8) is 0 Å². The Morgan fingerprint density at radius 3 is 1.56 bits per heavy atom. The monoisotopic (exact) mass is 216 g/mol. The fraction of sp³-hybridized carbons (Fsp3) is 0.429. The molecule has 16 heavy (non-hydrogen) atoms. The smallest absolute Gasteiger partial charge is 0.167 e. The van der Waals surface area contributed by atoms with E-state index in [9.17, 15) is 9.59 Å². The van der Waals surface area contributed by atoms with Crippen molar-refractivity contribution >= 4 is 11.6 Å². The fourth-order valence-corrected chi connectivity index (χ4v) is 2.62. The van der Waals surface area contributed by atoms with Crippen LogP contribution in [0.3, 0.4) is 0 Å². The normalized spacial score (nSPS) is 24.4. The first-order chi connectivity index (χ1) is 7.70. The Hall–Kier alpha value is -1.44. The average Bonchev–Trinajstić information content (AvgIpc) is 2.33. The van der Waals surface area contributed by atoms with Gasteiger partial charge in [-0.2, -0.15) is 0 Å². The SMILES string of the molecule is CCC1C(=O)c2ccccc2C(=O)C1CC. The molecule has 0 aromatic heterocycles. The van der Waals surface area contributed by atoms with Crippen LogP contribution in [-0.2, 0) is 0 Å². The van der Waals surface area contributed by atoms with Gasteiger partial charge < -0.3 is 0 Å². The van der Waals surface area contributed by atoms with E-state index in [-0.39, 0.29) is 23.4 Å². The number of rotatable bonds is 2. The van der Waals surface area contributed by atoms with Gasteiger partial charge >= 0.3 is 0 Å². The van der Waals surface area contributed by atoms with Crippen molar-refractivity contribution in [3.8, 4) is 0 Å². The van der Waals surface area contributed by atoms with Crippen LogP contribution >= 0.6 is 0 Å². The van der Waals surface area contributed by atoms with Gasteiger partial charge in [0.1, 0.15) is 0 Å². The predicted molar refractivity (Wildman–Crippen MR) is 62.7 cm³/mol. The second-order valence-corrected chi connectivity index (χ2v) is 4.30. The molecule has 0 fully saturated rings. The Kier molecular flexibility index (Phi) is 2.90. The van der Waals surface area contributed by atoms with Gasteiger partial charge in [-0.3, -0.25) is 9.59 Å². The van der Waals surface area contributed by atoms with Gasteiger partial charge in [0.25, 0.3) is 0 Å². The lowest BCUT2D eigenvalue weighted by Gasteiger charge is -2.29. The van der Waals surface area contributed by atoms with Crippen LogP contribution in [0.15, 0.2) is 24.3 Å². The summed E-state index contributed by atoms with van der Waals surface area (Å²) in [5.41, 5.74) is 1.23. The molecule has 0 spiro atoms. The van der Waals surface area contributed by atoms with Crippen LogP contribution in [0.5, 0.6) is 0 Å². The molecule has 2 rings (SSSR count). The number of Topliss-reactive ketones (excluding diaryl/α,β-unsaturated/α-hetero) is 2. The highest BCUT2D eigenvalue weighted by Gasteiger charge is 2.38. The molecule has 0 amide bonds. The van der Waals surface area contributed by atoms with E-state index < -0.39 is 0 Å². The second kappa shape index (κ2) is 4.20. The summed E-state index contributed by atoms with van der Waals surface area (Å²) in [6.45, 7) is 3.96. The molecule has 0 saturated carbocycles. The van der Waals surface area contributed by atoms with E-state index in [4.69, 9.17) is 0 Å². The van der Waals surface area contributed by atoms with Gasteiger partial charge in [-0.1, -0.05) is 38.1 Å². The summed E-state index contributed by atoms with van der Waals surface area (Å²) in [6.07, 6.45) is 1.49. The first-order valence-electron chi connectivity index (χ1n) is 5.88. The Labute approximate surface area is 95.7 Å². The highest BCUT2D eigenvalue weighted by molar-refractivity contribution is 6.15. The average molecular weight is 216 g/mol. The highest BCUT2D eigenvalue weighted by Crippen LogP contribution is 2.33. The third-order valence-electron chi connectivity index (χ3n) is 3.50. The third kappa shape index (κ3) is 1.49. The van der Waals surface area contributed by atoms with E-state index in [0.29, 0.717) is 11.1 Å². The van der Waals surface area contributed by atoms with E-state index in [2.05, 4.69) is 0 Å². The van der Waals surface area contributed by atoms with Crippen LogP contribution in [-0.4, -0.2) is 11.6 Å². The molecule has 2 nitrogen and oxygen atoms in total. The molecule has 0 N–H and O–H groups in total. The Bertz CT molecular complexity index is 393. The van der Waals surface area contributed by atoms with Crippen molar-refractivity contribution in [2.45, 2.75) is 26.7 Å². The minimum atomic E-state index is -0.118. The highest BCUT2D eigenvalue weighted by atomic mass is 16.1.